The maximum absolute atomic E-state index is 12.8. The number of carbonyl (C=O) groups excluding carboxylic acids is 3. The first kappa shape index (κ1) is 21.4. The van der Waals surface area contributed by atoms with Crippen molar-refractivity contribution in [2.75, 3.05) is 6.54 Å². The molecule has 1 aromatic heterocycles. The fraction of sp³-hybridized carbons (Fsp3) is 0.444. The van der Waals surface area contributed by atoms with Crippen LogP contribution in [-0.4, -0.2) is 45.4 Å². The number of alkyl halides is 3. The quantitative estimate of drug-likeness (QED) is 0.521. The van der Waals surface area contributed by atoms with Crippen molar-refractivity contribution < 1.29 is 27.6 Å². The largest absolute Gasteiger partial charge is 0.397 e. The van der Waals surface area contributed by atoms with E-state index in [1.54, 1.807) is 18.2 Å². The van der Waals surface area contributed by atoms with E-state index in [2.05, 4.69) is 20.9 Å². The summed E-state index contributed by atoms with van der Waals surface area (Å²) in [6.45, 7) is 0.0576. The SMILES string of the molecule is O=C(CC(F)(F)F)NCCCc1ccc2nnn(C3CCC(=O)NC3=O)c(=O)c2c1. The topological polar surface area (TPSA) is 123 Å². The highest BCUT2D eigenvalue weighted by Crippen LogP contribution is 2.19. The van der Waals surface area contributed by atoms with Crippen molar-refractivity contribution in [1.82, 2.24) is 25.6 Å². The second-order valence-corrected chi connectivity index (χ2v) is 6.90. The minimum atomic E-state index is -4.55. The van der Waals surface area contributed by atoms with Gasteiger partial charge in [0.15, 0.2) is 0 Å². The zero-order valence-corrected chi connectivity index (χ0v) is 15.7. The Morgan fingerprint density at radius 2 is 2.03 bits per heavy atom. The van der Waals surface area contributed by atoms with Gasteiger partial charge in [-0.05, 0) is 37.0 Å². The number of halogens is 3. The second-order valence-electron chi connectivity index (χ2n) is 6.90. The number of hydrogen-bond donors (Lipinski definition) is 2. The third-order valence-corrected chi connectivity index (χ3v) is 4.58. The molecule has 1 atom stereocenters. The molecule has 1 aliphatic heterocycles. The summed E-state index contributed by atoms with van der Waals surface area (Å²) in [5.74, 6) is -2.13. The fourth-order valence-electron chi connectivity index (χ4n) is 3.14. The summed E-state index contributed by atoms with van der Waals surface area (Å²) in [6.07, 6.45) is -5.07. The van der Waals surface area contributed by atoms with Crippen LogP contribution in [0.4, 0.5) is 13.2 Å². The van der Waals surface area contributed by atoms with Crippen LogP contribution < -0.4 is 16.2 Å². The zero-order valence-electron chi connectivity index (χ0n) is 15.7. The third kappa shape index (κ3) is 5.19. The molecular formula is C18H18F3N5O4. The molecular weight excluding hydrogens is 407 g/mol. The number of carbonyl (C=O) groups is 3. The number of rotatable bonds is 6. The van der Waals surface area contributed by atoms with Gasteiger partial charge in [0.25, 0.3) is 11.5 Å². The van der Waals surface area contributed by atoms with E-state index in [1.165, 1.54) is 0 Å². The van der Waals surface area contributed by atoms with E-state index < -0.39 is 41.9 Å². The van der Waals surface area contributed by atoms with Crippen LogP contribution in [0, 0.1) is 0 Å². The number of imide groups is 1. The van der Waals surface area contributed by atoms with Crippen molar-refractivity contribution in [2.24, 2.45) is 0 Å². The summed E-state index contributed by atoms with van der Waals surface area (Å²) in [6, 6.07) is 3.92. The zero-order chi connectivity index (χ0) is 21.9. The van der Waals surface area contributed by atoms with Crippen LogP contribution in [0.3, 0.4) is 0 Å². The lowest BCUT2D eigenvalue weighted by molar-refractivity contribution is -0.153. The minimum Gasteiger partial charge on any atom is -0.356 e. The van der Waals surface area contributed by atoms with E-state index in [0.717, 1.165) is 4.68 Å². The van der Waals surface area contributed by atoms with Crippen LogP contribution in [0.2, 0.25) is 0 Å². The van der Waals surface area contributed by atoms with Crippen LogP contribution in [-0.2, 0) is 20.8 Å². The Morgan fingerprint density at radius 1 is 1.27 bits per heavy atom. The van der Waals surface area contributed by atoms with Gasteiger partial charge in [-0.3, -0.25) is 24.5 Å². The Morgan fingerprint density at radius 3 is 2.73 bits per heavy atom. The van der Waals surface area contributed by atoms with E-state index in [1.807, 2.05) is 0 Å². The Balaban J connectivity index is 1.69. The highest BCUT2D eigenvalue weighted by Gasteiger charge is 2.31. The number of aryl methyl sites for hydroxylation is 1. The minimum absolute atomic E-state index is 0.0576. The lowest BCUT2D eigenvalue weighted by atomic mass is 10.1. The Hall–Kier alpha value is -3.31. The fourth-order valence-corrected chi connectivity index (χ4v) is 3.14. The molecule has 12 heteroatoms. The summed E-state index contributed by atoms with van der Waals surface area (Å²) in [5, 5.41) is 12.3. The van der Waals surface area contributed by atoms with E-state index in [4.69, 9.17) is 0 Å². The smallest absolute Gasteiger partial charge is 0.356 e. The molecule has 3 amide bonds. The number of hydrogen-bond acceptors (Lipinski definition) is 6. The number of nitrogens with one attached hydrogen (secondary N) is 2. The van der Waals surface area contributed by atoms with Gasteiger partial charge in [0.1, 0.15) is 18.0 Å². The maximum atomic E-state index is 12.8. The molecule has 0 saturated carbocycles. The van der Waals surface area contributed by atoms with Gasteiger partial charge >= 0.3 is 6.18 Å². The number of benzene rings is 1. The molecule has 1 unspecified atom stereocenters. The number of nitrogens with zero attached hydrogens (tertiary/aromatic N) is 3. The lowest BCUT2D eigenvalue weighted by Crippen LogP contribution is -2.45. The van der Waals surface area contributed by atoms with Crippen LogP contribution in [0.1, 0.15) is 37.3 Å². The molecule has 160 valence electrons. The molecule has 9 nitrogen and oxygen atoms in total. The lowest BCUT2D eigenvalue weighted by Gasteiger charge is -2.21. The van der Waals surface area contributed by atoms with Gasteiger partial charge in [0.2, 0.25) is 11.8 Å². The van der Waals surface area contributed by atoms with Crippen molar-refractivity contribution in [2.45, 2.75) is 44.3 Å². The summed E-state index contributed by atoms with van der Waals surface area (Å²) >= 11 is 0. The molecule has 0 aliphatic carbocycles. The molecule has 1 aliphatic rings. The number of fused-ring (bicyclic) bond motifs is 1. The molecule has 0 radical (unpaired) electrons. The van der Waals surface area contributed by atoms with Gasteiger partial charge in [-0.15, -0.1) is 5.10 Å². The van der Waals surface area contributed by atoms with Crippen molar-refractivity contribution in [3.63, 3.8) is 0 Å². The first-order valence-electron chi connectivity index (χ1n) is 9.19. The van der Waals surface area contributed by atoms with Crippen LogP contribution in [0.15, 0.2) is 23.0 Å². The maximum Gasteiger partial charge on any atom is 0.397 e. The van der Waals surface area contributed by atoms with Gasteiger partial charge < -0.3 is 5.32 Å². The molecule has 1 aromatic carbocycles. The first-order valence-corrected chi connectivity index (χ1v) is 9.19. The summed E-state index contributed by atoms with van der Waals surface area (Å²) in [4.78, 5) is 47.3. The highest BCUT2D eigenvalue weighted by molar-refractivity contribution is 5.99. The average molecular weight is 425 g/mol. The number of amides is 3. The highest BCUT2D eigenvalue weighted by atomic mass is 19.4. The predicted molar refractivity (Wildman–Crippen MR) is 97.2 cm³/mol. The molecule has 0 spiro atoms. The molecule has 0 bridgehead atoms. The Kier molecular flexibility index (Phi) is 6.13. The van der Waals surface area contributed by atoms with Crippen LogP contribution in [0.5, 0.6) is 0 Å². The molecule has 3 rings (SSSR count). The first-order chi connectivity index (χ1) is 14.1. The Labute approximate surface area is 167 Å². The number of piperidine rings is 1. The van der Waals surface area contributed by atoms with E-state index >= 15 is 0 Å². The van der Waals surface area contributed by atoms with Gasteiger partial charge in [-0.1, -0.05) is 11.3 Å². The van der Waals surface area contributed by atoms with Crippen molar-refractivity contribution in [3.8, 4) is 0 Å². The van der Waals surface area contributed by atoms with E-state index in [0.29, 0.717) is 23.9 Å². The molecule has 30 heavy (non-hydrogen) atoms. The molecule has 1 saturated heterocycles. The van der Waals surface area contributed by atoms with Gasteiger partial charge in [0.05, 0.1) is 5.39 Å². The summed E-state index contributed by atoms with van der Waals surface area (Å²) < 4.78 is 37.3. The van der Waals surface area contributed by atoms with Gasteiger partial charge in [-0.2, -0.15) is 17.9 Å². The van der Waals surface area contributed by atoms with Crippen molar-refractivity contribution in [3.05, 3.63) is 34.1 Å². The normalized spacial score (nSPS) is 17.1. The monoisotopic (exact) mass is 425 g/mol. The van der Waals surface area contributed by atoms with E-state index in [-0.39, 0.29) is 24.8 Å². The van der Waals surface area contributed by atoms with Gasteiger partial charge in [-0.25, -0.2) is 0 Å². The summed E-state index contributed by atoms with van der Waals surface area (Å²) in [7, 11) is 0. The molecule has 2 N–H and O–H groups in total. The average Bonchev–Trinajstić information content (AvgIpc) is 2.65. The molecule has 2 aromatic rings. The molecule has 2 heterocycles. The summed E-state index contributed by atoms with van der Waals surface area (Å²) in [5.41, 5.74) is 0.507. The van der Waals surface area contributed by atoms with Crippen LogP contribution in [0.25, 0.3) is 10.9 Å². The van der Waals surface area contributed by atoms with Crippen molar-refractivity contribution in [1.29, 1.82) is 0 Å². The van der Waals surface area contributed by atoms with E-state index in [9.17, 15) is 32.3 Å². The van der Waals surface area contributed by atoms with Crippen molar-refractivity contribution >= 4 is 28.6 Å². The third-order valence-electron chi connectivity index (χ3n) is 4.58. The predicted octanol–water partition coefficient (Wildman–Crippen LogP) is 0.770. The molecule has 1 fully saturated rings. The Bertz CT molecular complexity index is 1050. The standard InChI is InChI=1S/C18H18F3N5O4/c19-18(20,21)9-15(28)22-7-1-2-10-3-4-12-11(8-10)17(30)26(25-24-12)13-5-6-14(27)23-16(13)29/h3-4,8,13H,1-2,5-7,9H2,(H,22,28)(H,23,27,29). The van der Waals surface area contributed by atoms with Gasteiger partial charge in [0, 0.05) is 13.0 Å². The number of aromatic nitrogens is 3. The second kappa shape index (κ2) is 8.59. The van der Waals surface area contributed by atoms with Crippen LogP contribution >= 0.6 is 0 Å².